The Bertz CT molecular complexity index is 1210. The van der Waals surface area contributed by atoms with E-state index in [1.54, 1.807) is 22.7 Å². The van der Waals surface area contributed by atoms with Crippen LogP contribution in [0.4, 0.5) is 5.69 Å². The van der Waals surface area contributed by atoms with Crippen LogP contribution in [-0.2, 0) is 16.0 Å². The van der Waals surface area contributed by atoms with E-state index in [-0.39, 0.29) is 12.1 Å². The number of hydrogen-bond acceptors (Lipinski definition) is 9. The van der Waals surface area contributed by atoms with Gasteiger partial charge in [0.15, 0.2) is 0 Å². The quantitative estimate of drug-likeness (QED) is 0.324. The van der Waals surface area contributed by atoms with Crippen molar-refractivity contribution in [2.24, 2.45) is 0 Å². The molecule has 7 nitrogen and oxygen atoms in total. The number of aryl methyl sites for hydroxylation is 7. The molecule has 0 bridgehead atoms. The highest BCUT2D eigenvalue weighted by atomic mass is 32.1. The number of carbonyl (C=O) groups is 1. The molecule has 1 amide bonds. The number of aromatic nitrogens is 3. The third-order valence-corrected chi connectivity index (χ3v) is 7.38. The zero-order valence-corrected chi connectivity index (χ0v) is 23.4. The second-order valence-corrected chi connectivity index (χ2v) is 10.7. The minimum Gasteiger partial charge on any atom is -0.321 e. The molecule has 3 heterocycles. The van der Waals surface area contributed by atoms with Gasteiger partial charge in [0, 0.05) is 21.6 Å². The van der Waals surface area contributed by atoms with Crippen molar-refractivity contribution >= 4 is 51.8 Å². The van der Waals surface area contributed by atoms with Crippen LogP contribution in [-0.4, -0.2) is 27.0 Å². The van der Waals surface area contributed by atoms with E-state index >= 15 is 0 Å². The van der Waals surface area contributed by atoms with Gasteiger partial charge in [-0.25, -0.2) is 15.0 Å². The maximum absolute atomic E-state index is 11.9. The molecule has 1 aromatic carbocycles. The van der Waals surface area contributed by atoms with Crippen LogP contribution >= 0.6 is 34.0 Å². The molecular weight excluding hydrogens is 501 g/mol. The number of benzene rings is 1. The number of anilines is 1. The monoisotopic (exact) mass is 530 g/mol. The van der Waals surface area contributed by atoms with E-state index < -0.39 is 0 Å². The highest BCUT2D eigenvalue weighted by Crippen LogP contribution is 2.19. The molecule has 186 valence electrons. The van der Waals surface area contributed by atoms with Crippen molar-refractivity contribution < 1.29 is 14.4 Å². The highest BCUT2D eigenvalue weighted by molar-refractivity contribution is 7.13. The van der Waals surface area contributed by atoms with Crippen LogP contribution in [0.15, 0.2) is 35.7 Å². The maximum Gasteiger partial charge on any atom is 0.373 e. The first kappa shape index (κ1) is 30.0. The highest BCUT2D eigenvalue weighted by Gasteiger charge is 2.13. The Hall–Kier alpha value is -3.04. The molecule has 0 saturated carbocycles. The van der Waals surface area contributed by atoms with Crippen LogP contribution in [0.1, 0.15) is 53.6 Å². The Balaban J connectivity index is 0.000000272. The number of hydrogen-bond donors (Lipinski definition) is 1. The van der Waals surface area contributed by atoms with Crippen LogP contribution in [0.5, 0.6) is 0 Å². The predicted octanol–water partition coefficient (Wildman–Crippen LogP) is 6.51. The van der Waals surface area contributed by atoms with Crippen LogP contribution in [0.25, 0.3) is 0 Å². The van der Waals surface area contributed by atoms with Gasteiger partial charge in [-0.3, -0.25) is 4.79 Å². The molecule has 0 aliphatic heterocycles. The van der Waals surface area contributed by atoms with Gasteiger partial charge in [-0.2, -0.15) is 9.59 Å². The van der Waals surface area contributed by atoms with Gasteiger partial charge in [0.1, 0.15) is 4.88 Å². The van der Waals surface area contributed by atoms with Gasteiger partial charge >= 0.3 is 6.15 Å². The summed E-state index contributed by atoms with van der Waals surface area (Å²) in [5, 5.41) is 8.14. The summed E-state index contributed by atoms with van der Waals surface area (Å²) in [6, 6.07) is 9.42. The molecule has 0 aliphatic carbocycles. The average molecular weight is 531 g/mol. The smallest absolute Gasteiger partial charge is 0.321 e. The van der Waals surface area contributed by atoms with Crippen LogP contribution in [0.2, 0.25) is 0 Å². The fourth-order valence-corrected chi connectivity index (χ4v) is 5.11. The Morgan fingerprint density at radius 2 is 1.43 bits per heavy atom. The lowest BCUT2D eigenvalue weighted by atomic mass is 10.3. The van der Waals surface area contributed by atoms with E-state index in [1.165, 1.54) is 26.9 Å². The van der Waals surface area contributed by atoms with Crippen molar-refractivity contribution in [1.29, 1.82) is 0 Å². The summed E-state index contributed by atoms with van der Waals surface area (Å²) < 4.78 is 0. The molecule has 0 fully saturated rings. The third-order valence-electron chi connectivity index (χ3n) is 4.20. The lowest BCUT2D eigenvalue weighted by Gasteiger charge is -2.02. The Kier molecular flexibility index (Phi) is 13.5. The second-order valence-electron chi connectivity index (χ2n) is 7.15. The maximum atomic E-state index is 11.9. The zero-order chi connectivity index (χ0) is 26.4. The summed E-state index contributed by atoms with van der Waals surface area (Å²) in [5.41, 5.74) is 3.93. The number of carbonyl (C=O) groups excluding carboxylic acids is 3. The van der Waals surface area contributed by atoms with Crippen LogP contribution in [0, 0.1) is 41.5 Å². The minimum atomic E-state index is -0.0886. The van der Waals surface area contributed by atoms with Gasteiger partial charge in [-0.15, -0.1) is 34.0 Å². The molecule has 4 rings (SSSR count). The molecule has 0 unspecified atom stereocenters. The fourth-order valence-electron chi connectivity index (χ4n) is 2.82. The summed E-state index contributed by atoms with van der Waals surface area (Å²) >= 11 is 4.92. The largest absolute Gasteiger partial charge is 0.373 e. The molecule has 35 heavy (non-hydrogen) atoms. The van der Waals surface area contributed by atoms with E-state index in [4.69, 9.17) is 9.59 Å². The van der Waals surface area contributed by atoms with Crippen molar-refractivity contribution in [3.8, 4) is 0 Å². The van der Waals surface area contributed by atoms with Crippen molar-refractivity contribution in [2.75, 3.05) is 5.32 Å². The normalized spacial score (nSPS) is 9.34. The second kappa shape index (κ2) is 15.8. The van der Waals surface area contributed by atoms with Gasteiger partial charge in [-0.1, -0.05) is 25.1 Å². The minimum absolute atomic E-state index is 0.0886. The van der Waals surface area contributed by atoms with Crippen LogP contribution in [0.3, 0.4) is 0 Å². The number of nitrogens with one attached hydrogen (secondary N) is 1. The molecule has 0 saturated heterocycles. The number of para-hydroxylation sites is 1. The molecule has 10 heteroatoms. The van der Waals surface area contributed by atoms with Crippen LogP contribution < -0.4 is 5.32 Å². The Morgan fingerprint density at radius 1 is 0.857 bits per heavy atom. The molecule has 0 radical (unpaired) electrons. The molecule has 0 aliphatic rings. The van der Waals surface area contributed by atoms with Crippen molar-refractivity contribution in [1.82, 2.24) is 15.0 Å². The standard InChI is InChI=1S/C12H12N2OS.C7H11NS.C5H7NS.CO2/c1-8-11(16-9(2)13-8)12(15)14-10-6-4-3-5-7-10;1-4-7-5(2)8-6(3)9-7;1-4-3-7-5(2)6-4;2-1-3/h3-7H,1-2H3,(H,14,15);4H2,1-3H3;3H,1-2H3;. The van der Waals surface area contributed by atoms with Gasteiger partial charge < -0.3 is 5.32 Å². The number of nitrogens with zero attached hydrogens (tertiary/aromatic N) is 3. The topological polar surface area (TPSA) is 102 Å². The van der Waals surface area contributed by atoms with Gasteiger partial charge in [0.25, 0.3) is 5.91 Å². The summed E-state index contributed by atoms with van der Waals surface area (Å²) in [6.07, 6.45) is 1.37. The SMILES string of the molecule is CCc1sc(C)nc1C.Cc1csc(C)n1.Cc1nc(C)c(C(=O)Nc2ccccc2)s1.O=C=O. The number of amides is 1. The Morgan fingerprint density at radius 3 is 1.77 bits per heavy atom. The molecular formula is C25H30N4O3S3. The summed E-state index contributed by atoms with van der Waals surface area (Å²) in [7, 11) is 0. The van der Waals surface area contributed by atoms with Gasteiger partial charge in [0.2, 0.25) is 0 Å². The first-order chi connectivity index (χ1) is 16.6. The zero-order valence-electron chi connectivity index (χ0n) is 21.0. The lowest BCUT2D eigenvalue weighted by molar-refractivity contribution is -0.191. The molecule has 1 N–H and O–H groups in total. The van der Waals surface area contributed by atoms with Gasteiger partial charge in [-0.05, 0) is 60.1 Å². The number of thiazole rings is 3. The van der Waals surface area contributed by atoms with E-state index in [1.807, 2.05) is 58.0 Å². The van der Waals surface area contributed by atoms with E-state index in [9.17, 15) is 4.79 Å². The van der Waals surface area contributed by atoms with Crippen molar-refractivity contribution in [3.63, 3.8) is 0 Å². The van der Waals surface area contributed by atoms with E-state index in [2.05, 4.69) is 46.4 Å². The molecule has 0 atom stereocenters. The van der Waals surface area contributed by atoms with Crippen molar-refractivity contribution in [3.05, 3.63) is 77.6 Å². The van der Waals surface area contributed by atoms with Crippen molar-refractivity contribution in [2.45, 2.75) is 54.9 Å². The molecule has 4 aromatic rings. The average Bonchev–Trinajstić information content (AvgIpc) is 3.46. The summed E-state index contributed by atoms with van der Waals surface area (Å²) in [5.74, 6) is -0.0886. The first-order valence-electron chi connectivity index (χ1n) is 10.7. The first-order valence-corrected chi connectivity index (χ1v) is 13.2. The summed E-state index contributed by atoms with van der Waals surface area (Å²) in [6.45, 7) is 14.1. The molecule has 0 spiro atoms. The number of rotatable bonds is 3. The molecule has 3 aromatic heterocycles. The fraction of sp³-hybridized carbons (Fsp3) is 0.320. The lowest BCUT2D eigenvalue weighted by Crippen LogP contribution is -2.11. The summed E-state index contributed by atoms with van der Waals surface area (Å²) in [4.78, 5) is 42.9. The van der Waals surface area contributed by atoms with E-state index in [0.717, 1.165) is 33.5 Å². The Labute approximate surface area is 218 Å². The van der Waals surface area contributed by atoms with E-state index in [0.29, 0.717) is 4.88 Å². The van der Waals surface area contributed by atoms with Gasteiger partial charge in [0.05, 0.1) is 26.4 Å². The predicted molar refractivity (Wildman–Crippen MR) is 144 cm³/mol. The third kappa shape index (κ3) is 11.3.